The van der Waals surface area contributed by atoms with Crippen LogP contribution in [0.2, 0.25) is 0 Å². The number of hydrogen-bond donors (Lipinski definition) is 3. The lowest BCUT2D eigenvalue weighted by Gasteiger charge is -2.22. The van der Waals surface area contributed by atoms with Crippen LogP contribution in [-0.4, -0.2) is 37.5 Å². The Morgan fingerprint density at radius 2 is 2.00 bits per heavy atom. The smallest absolute Gasteiger partial charge is 0.252 e. The second-order valence-electron chi connectivity index (χ2n) is 7.00. The summed E-state index contributed by atoms with van der Waals surface area (Å²) in [5.41, 5.74) is 2.76. The second kappa shape index (κ2) is 9.37. The van der Waals surface area contributed by atoms with Crippen molar-refractivity contribution in [1.82, 2.24) is 16.0 Å². The van der Waals surface area contributed by atoms with E-state index in [2.05, 4.69) is 35.9 Å². The maximum absolute atomic E-state index is 12.6. The lowest BCUT2D eigenvalue weighted by molar-refractivity contribution is -0.123. The molecule has 1 aromatic carbocycles. The fourth-order valence-corrected chi connectivity index (χ4v) is 2.92. The molecule has 2 rings (SSSR count). The first-order valence-electron chi connectivity index (χ1n) is 9.00. The van der Waals surface area contributed by atoms with Crippen LogP contribution in [0.15, 0.2) is 35.9 Å². The lowest BCUT2D eigenvalue weighted by atomic mass is 10.0. The topological polar surface area (TPSA) is 70.2 Å². The maximum atomic E-state index is 12.6. The second-order valence-corrected chi connectivity index (χ2v) is 7.00. The summed E-state index contributed by atoms with van der Waals surface area (Å²) in [6.07, 6.45) is 3.68. The fraction of sp³-hybridized carbons (Fsp3) is 0.500. The van der Waals surface area contributed by atoms with Gasteiger partial charge in [0, 0.05) is 18.7 Å². The molecule has 2 amide bonds. The van der Waals surface area contributed by atoms with E-state index in [4.69, 9.17) is 0 Å². The summed E-state index contributed by atoms with van der Waals surface area (Å²) < 4.78 is 0. The van der Waals surface area contributed by atoms with Gasteiger partial charge < -0.3 is 16.0 Å². The molecule has 1 unspecified atom stereocenters. The number of rotatable bonds is 7. The van der Waals surface area contributed by atoms with Crippen LogP contribution in [0.1, 0.15) is 42.6 Å². The molecule has 25 heavy (non-hydrogen) atoms. The summed E-state index contributed by atoms with van der Waals surface area (Å²) >= 11 is 0. The quantitative estimate of drug-likeness (QED) is 0.665. The average molecular weight is 343 g/mol. The molecule has 0 saturated carbocycles. The van der Waals surface area contributed by atoms with Crippen molar-refractivity contribution in [2.75, 3.05) is 19.6 Å². The number of benzene rings is 1. The maximum Gasteiger partial charge on any atom is 0.252 e. The van der Waals surface area contributed by atoms with E-state index in [-0.39, 0.29) is 11.8 Å². The highest BCUT2D eigenvalue weighted by Crippen LogP contribution is 2.10. The van der Waals surface area contributed by atoms with Gasteiger partial charge in [0.15, 0.2) is 0 Å². The van der Waals surface area contributed by atoms with E-state index >= 15 is 0 Å². The number of amides is 2. The minimum absolute atomic E-state index is 0.116. The van der Waals surface area contributed by atoms with Crippen LogP contribution in [0.25, 0.3) is 0 Å². The third-order valence-electron chi connectivity index (χ3n) is 4.37. The Kier molecular flexibility index (Phi) is 7.19. The van der Waals surface area contributed by atoms with E-state index in [9.17, 15) is 9.59 Å². The SMILES string of the molecule is Cc1ccccc1C(=O)NC(CC(C)C)C(=O)NCC1=CCNCC1. The zero-order valence-electron chi connectivity index (χ0n) is 15.4. The van der Waals surface area contributed by atoms with Crippen LogP contribution in [-0.2, 0) is 4.79 Å². The predicted molar refractivity (Wildman–Crippen MR) is 100 cm³/mol. The van der Waals surface area contributed by atoms with Crippen LogP contribution < -0.4 is 16.0 Å². The molecule has 5 heteroatoms. The van der Waals surface area contributed by atoms with E-state index in [0.29, 0.717) is 24.4 Å². The molecule has 0 fully saturated rings. The average Bonchev–Trinajstić information content (AvgIpc) is 2.60. The summed E-state index contributed by atoms with van der Waals surface area (Å²) in [6, 6.07) is 6.90. The monoisotopic (exact) mass is 343 g/mol. The molecular weight excluding hydrogens is 314 g/mol. The Balaban J connectivity index is 1.99. The fourth-order valence-electron chi connectivity index (χ4n) is 2.92. The minimum Gasteiger partial charge on any atom is -0.351 e. The van der Waals surface area contributed by atoms with Crippen LogP contribution >= 0.6 is 0 Å². The minimum atomic E-state index is -0.519. The van der Waals surface area contributed by atoms with Crippen LogP contribution in [0.3, 0.4) is 0 Å². The van der Waals surface area contributed by atoms with Gasteiger partial charge in [-0.15, -0.1) is 0 Å². The Hall–Kier alpha value is -2.14. The van der Waals surface area contributed by atoms with E-state index in [0.717, 1.165) is 25.1 Å². The van der Waals surface area contributed by atoms with Crippen molar-refractivity contribution in [1.29, 1.82) is 0 Å². The molecule has 5 nitrogen and oxygen atoms in total. The molecule has 0 radical (unpaired) electrons. The largest absolute Gasteiger partial charge is 0.351 e. The van der Waals surface area contributed by atoms with Crippen LogP contribution in [0.4, 0.5) is 0 Å². The molecule has 136 valence electrons. The Bertz CT molecular complexity index is 638. The first kappa shape index (κ1) is 19.2. The molecule has 1 aliphatic heterocycles. The highest BCUT2D eigenvalue weighted by molar-refractivity contribution is 5.98. The first-order valence-corrected chi connectivity index (χ1v) is 9.00. The number of aryl methyl sites for hydroxylation is 1. The molecular formula is C20H29N3O2. The number of carbonyl (C=O) groups is 2. The summed E-state index contributed by atoms with van der Waals surface area (Å²) in [6.45, 7) is 8.35. The molecule has 1 atom stereocenters. The van der Waals surface area contributed by atoms with Gasteiger partial charge in [0.2, 0.25) is 5.91 Å². The van der Waals surface area contributed by atoms with Crippen molar-refractivity contribution in [2.45, 2.75) is 39.7 Å². The summed E-state index contributed by atoms with van der Waals surface area (Å²) in [4.78, 5) is 25.2. The van der Waals surface area contributed by atoms with Gasteiger partial charge in [0.25, 0.3) is 5.91 Å². The van der Waals surface area contributed by atoms with Gasteiger partial charge >= 0.3 is 0 Å². The molecule has 1 aliphatic rings. The van der Waals surface area contributed by atoms with E-state index in [1.807, 2.05) is 25.1 Å². The van der Waals surface area contributed by atoms with Gasteiger partial charge in [-0.1, -0.05) is 43.7 Å². The van der Waals surface area contributed by atoms with Gasteiger partial charge in [-0.3, -0.25) is 9.59 Å². The summed E-state index contributed by atoms with van der Waals surface area (Å²) in [5.74, 6) is 0.000986. The highest BCUT2D eigenvalue weighted by Gasteiger charge is 2.23. The Labute approximate surface area is 150 Å². The van der Waals surface area contributed by atoms with E-state index in [1.165, 1.54) is 5.57 Å². The highest BCUT2D eigenvalue weighted by atomic mass is 16.2. The Morgan fingerprint density at radius 3 is 2.64 bits per heavy atom. The summed E-state index contributed by atoms with van der Waals surface area (Å²) in [5, 5.41) is 9.14. The molecule has 0 bridgehead atoms. The van der Waals surface area contributed by atoms with Gasteiger partial charge in [-0.05, 0) is 43.9 Å². The predicted octanol–water partition coefficient (Wildman–Crippen LogP) is 2.18. The van der Waals surface area contributed by atoms with Gasteiger partial charge in [0.1, 0.15) is 6.04 Å². The number of carbonyl (C=O) groups excluding carboxylic acids is 2. The zero-order chi connectivity index (χ0) is 18.2. The normalized spacial score (nSPS) is 15.4. The molecule has 0 aromatic heterocycles. The van der Waals surface area contributed by atoms with E-state index in [1.54, 1.807) is 6.07 Å². The first-order chi connectivity index (χ1) is 12.0. The van der Waals surface area contributed by atoms with Crippen molar-refractivity contribution in [3.8, 4) is 0 Å². The van der Waals surface area contributed by atoms with Crippen molar-refractivity contribution in [3.63, 3.8) is 0 Å². The van der Waals surface area contributed by atoms with E-state index < -0.39 is 6.04 Å². The van der Waals surface area contributed by atoms with Crippen LogP contribution in [0, 0.1) is 12.8 Å². The van der Waals surface area contributed by atoms with Gasteiger partial charge in [-0.25, -0.2) is 0 Å². The molecule has 3 N–H and O–H groups in total. The third-order valence-corrected chi connectivity index (χ3v) is 4.37. The standard InChI is InChI=1S/C20H29N3O2/c1-14(2)12-18(20(25)22-13-16-8-10-21-11-9-16)23-19(24)17-7-5-4-6-15(17)3/h4-8,14,18,21H,9-13H2,1-3H3,(H,22,25)(H,23,24). The van der Waals surface area contributed by atoms with Crippen molar-refractivity contribution in [3.05, 3.63) is 47.0 Å². The molecule has 0 spiro atoms. The third kappa shape index (κ3) is 6.02. The van der Waals surface area contributed by atoms with Crippen molar-refractivity contribution in [2.24, 2.45) is 5.92 Å². The molecule has 1 aromatic rings. The zero-order valence-corrected chi connectivity index (χ0v) is 15.4. The van der Waals surface area contributed by atoms with Crippen molar-refractivity contribution < 1.29 is 9.59 Å². The lowest BCUT2D eigenvalue weighted by Crippen LogP contribution is -2.48. The molecule has 0 aliphatic carbocycles. The number of nitrogens with one attached hydrogen (secondary N) is 3. The summed E-state index contributed by atoms with van der Waals surface area (Å²) in [7, 11) is 0. The number of hydrogen-bond acceptors (Lipinski definition) is 3. The molecule has 0 saturated heterocycles. The Morgan fingerprint density at radius 1 is 1.24 bits per heavy atom. The van der Waals surface area contributed by atoms with Crippen molar-refractivity contribution >= 4 is 11.8 Å². The van der Waals surface area contributed by atoms with Gasteiger partial charge in [0.05, 0.1) is 0 Å². The van der Waals surface area contributed by atoms with Crippen LogP contribution in [0.5, 0.6) is 0 Å². The van der Waals surface area contributed by atoms with Gasteiger partial charge in [-0.2, -0.15) is 0 Å². The molecule has 1 heterocycles.